The molecule has 0 unspecified atom stereocenters. The summed E-state index contributed by atoms with van der Waals surface area (Å²) in [4.78, 5) is 40.5. The quantitative estimate of drug-likeness (QED) is 0.473. The van der Waals surface area contributed by atoms with Crippen molar-refractivity contribution in [3.63, 3.8) is 0 Å². The third-order valence-corrected chi connectivity index (χ3v) is 9.03. The standard InChI is InChI=1S/C24H31F4N5O5S/c1-15(34)31-13-19(14-31)30-39(37,38)32-8-2-4-17(12-32)23(36)33-9-3-5-21(33)22(35)29-11-16-6-7-18(10-20(16)25)24(26,27)28/h6-7,10,17,19,21,30H,2-5,8-9,11-14H2,1H3,(H,29,35)/t17-,21+/m0/s1. The van der Waals surface area contributed by atoms with Crippen LogP contribution >= 0.6 is 0 Å². The number of rotatable bonds is 7. The van der Waals surface area contributed by atoms with Crippen molar-refractivity contribution >= 4 is 27.9 Å². The van der Waals surface area contributed by atoms with Gasteiger partial charge in [-0.2, -0.15) is 30.6 Å². The Morgan fingerprint density at radius 2 is 1.74 bits per heavy atom. The fraction of sp³-hybridized carbons (Fsp3) is 0.625. The van der Waals surface area contributed by atoms with E-state index in [1.54, 1.807) is 0 Å². The van der Waals surface area contributed by atoms with E-state index in [0.29, 0.717) is 38.3 Å². The van der Waals surface area contributed by atoms with Crippen LogP contribution in [0.3, 0.4) is 0 Å². The summed E-state index contributed by atoms with van der Waals surface area (Å²) in [5, 5.41) is 2.51. The van der Waals surface area contributed by atoms with Gasteiger partial charge < -0.3 is 15.1 Å². The number of carbonyl (C=O) groups excluding carboxylic acids is 3. The maximum atomic E-state index is 14.2. The second-order valence-electron chi connectivity index (χ2n) is 10.2. The SMILES string of the molecule is CC(=O)N1CC(NS(=O)(=O)N2CCC[C@H](C(=O)N3CCC[C@@H]3C(=O)NCc3ccc(C(F)(F)F)cc3F)C2)C1. The number of amides is 3. The number of nitrogens with zero attached hydrogens (tertiary/aromatic N) is 3. The number of likely N-dealkylation sites (tertiary alicyclic amines) is 2. The molecule has 0 radical (unpaired) electrons. The molecule has 15 heteroatoms. The highest BCUT2D eigenvalue weighted by Gasteiger charge is 2.41. The fourth-order valence-corrected chi connectivity index (χ4v) is 6.63. The topological polar surface area (TPSA) is 119 Å². The van der Waals surface area contributed by atoms with E-state index in [-0.39, 0.29) is 50.1 Å². The molecule has 3 heterocycles. The third-order valence-electron chi connectivity index (χ3n) is 7.39. The van der Waals surface area contributed by atoms with Crippen molar-refractivity contribution in [3.05, 3.63) is 35.1 Å². The monoisotopic (exact) mass is 577 g/mol. The Morgan fingerprint density at radius 1 is 1.05 bits per heavy atom. The molecule has 216 valence electrons. The van der Waals surface area contributed by atoms with Crippen molar-refractivity contribution in [2.24, 2.45) is 5.92 Å². The van der Waals surface area contributed by atoms with E-state index >= 15 is 0 Å². The zero-order chi connectivity index (χ0) is 28.5. The van der Waals surface area contributed by atoms with Crippen LogP contribution in [0.2, 0.25) is 0 Å². The van der Waals surface area contributed by atoms with Crippen molar-refractivity contribution in [2.45, 2.75) is 57.4 Å². The lowest BCUT2D eigenvalue weighted by Gasteiger charge is -2.40. The first-order valence-electron chi connectivity index (χ1n) is 12.7. The molecule has 0 aromatic heterocycles. The third kappa shape index (κ3) is 6.69. The minimum Gasteiger partial charge on any atom is -0.350 e. The second-order valence-corrected chi connectivity index (χ2v) is 11.9. The Kier molecular flexibility index (Phi) is 8.52. The first-order valence-corrected chi connectivity index (χ1v) is 14.2. The van der Waals surface area contributed by atoms with Gasteiger partial charge in [0.05, 0.1) is 17.5 Å². The van der Waals surface area contributed by atoms with Gasteiger partial charge in [0.1, 0.15) is 11.9 Å². The molecule has 3 saturated heterocycles. The molecular formula is C24H31F4N5O5S. The highest BCUT2D eigenvalue weighted by Crippen LogP contribution is 2.30. The van der Waals surface area contributed by atoms with Gasteiger partial charge in [0.15, 0.2) is 0 Å². The summed E-state index contributed by atoms with van der Waals surface area (Å²) in [5.41, 5.74) is -1.25. The van der Waals surface area contributed by atoms with E-state index in [4.69, 9.17) is 0 Å². The molecule has 3 amide bonds. The molecule has 0 aliphatic carbocycles. The van der Waals surface area contributed by atoms with Gasteiger partial charge in [-0.1, -0.05) is 6.07 Å². The van der Waals surface area contributed by atoms with Crippen molar-refractivity contribution in [3.8, 4) is 0 Å². The average molecular weight is 578 g/mol. The van der Waals surface area contributed by atoms with Crippen LogP contribution in [0.15, 0.2) is 18.2 Å². The summed E-state index contributed by atoms with van der Waals surface area (Å²) < 4.78 is 82.0. The zero-order valence-corrected chi connectivity index (χ0v) is 22.2. The molecule has 3 aliphatic heterocycles. The van der Waals surface area contributed by atoms with Crippen LogP contribution in [0.5, 0.6) is 0 Å². The summed E-state index contributed by atoms with van der Waals surface area (Å²) in [7, 11) is -3.88. The molecule has 2 atom stereocenters. The van der Waals surface area contributed by atoms with Crippen molar-refractivity contribution in [1.29, 1.82) is 0 Å². The average Bonchev–Trinajstić information content (AvgIpc) is 3.34. The van der Waals surface area contributed by atoms with Crippen molar-refractivity contribution in [1.82, 2.24) is 24.1 Å². The summed E-state index contributed by atoms with van der Waals surface area (Å²) in [6, 6.07) is 0.832. The number of hydrogen-bond acceptors (Lipinski definition) is 5. The highest BCUT2D eigenvalue weighted by molar-refractivity contribution is 7.87. The predicted molar refractivity (Wildman–Crippen MR) is 130 cm³/mol. The molecule has 39 heavy (non-hydrogen) atoms. The lowest BCUT2D eigenvalue weighted by Crippen LogP contribution is -2.63. The van der Waals surface area contributed by atoms with E-state index in [2.05, 4.69) is 10.0 Å². The van der Waals surface area contributed by atoms with E-state index < -0.39 is 51.7 Å². The fourth-order valence-electron chi connectivity index (χ4n) is 5.16. The summed E-state index contributed by atoms with van der Waals surface area (Å²) in [6.07, 6.45) is -2.88. The second kappa shape index (κ2) is 11.4. The molecule has 0 spiro atoms. The molecule has 10 nitrogen and oxygen atoms in total. The molecule has 1 aromatic rings. The van der Waals surface area contributed by atoms with Crippen LogP contribution < -0.4 is 10.0 Å². The van der Waals surface area contributed by atoms with Crippen LogP contribution in [-0.4, -0.2) is 85.1 Å². The summed E-state index contributed by atoms with van der Waals surface area (Å²) in [5.74, 6) is -2.78. The van der Waals surface area contributed by atoms with Crippen molar-refractivity contribution in [2.75, 3.05) is 32.7 Å². The number of hydrogen-bond donors (Lipinski definition) is 2. The lowest BCUT2D eigenvalue weighted by atomic mass is 9.97. The van der Waals surface area contributed by atoms with Gasteiger partial charge >= 0.3 is 6.18 Å². The van der Waals surface area contributed by atoms with Gasteiger partial charge in [-0.3, -0.25) is 14.4 Å². The smallest absolute Gasteiger partial charge is 0.350 e. The zero-order valence-electron chi connectivity index (χ0n) is 21.3. The van der Waals surface area contributed by atoms with E-state index in [9.17, 15) is 40.4 Å². The molecule has 3 aliphatic rings. The Morgan fingerprint density at radius 3 is 2.38 bits per heavy atom. The highest BCUT2D eigenvalue weighted by atomic mass is 32.2. The molecule has 1 aromatic carbocycles. The summed E-state index contributed by atoms with van der Waals surface area (Å²) >= 11 is 0. The Labute approximate surface area is 223 Å². The predicted octanol–water partition coefficient (Wildman–Crippen LogP) is 1.23. The summed E-state index contributed by atoms with van der Waals surface area (Å²) in [6.45, 7) is 2.13. The Bertz CT molecular complexity index is 1220. The number of carbonyl (C=O) groups is 3. The van der Waals surface area contributed by atoms with Crippen LogP contribution in [0.25, 0.3) is 0 Å². The number of benzene rings is 1. The maximum absolute atomic E-state index is 14.2. The lowest BCUT2D eigenvalue weighted by molar-refractivity contribution is -0.142. The largest absolute Gasteiger partial charge is 0.416 e. The Hall–Kier alpha value is -2.78. The number of alkyl halides is 3. The molecule has 0 saturated carbocycles. The van der Waals surface area contributed by atoms with E-state index in [1.165, 1.54) is 21.0 Å². The number of piperidine rings is 1. The minimum atomic E-state index is -4.69. The van der Waals surface area contributed by atoms with Crippen LogP contribution in [-0.2, 0) is 37.3 Å². The first kappa shape index (κ1) is 29.2. The van der Waals surface area contributed by atoms with Crippen LogP contribution in [0.4, 0.5) is 17.6 Å². The Balaban J connectivity index is 1.33. The van der Waals surface area contributed by atoms with Crippen molar-refractivity contribution < 1.29 is 40.4 Å². The van der Waals surface area contributed by atoms with Gasteiger partial charge in [-0.15, -0.1) is 0 Å². The molecule has 0 bridgehead atoms. The number of nitrogens with one attached hydrogen (secondary N) is 2. The number of halogens is 4. The van der Waals surface area contributed by atoms with E-state index in [0.717, 1.165) is 12.1 Å². The normalized spacial score (nSPS) is 23.0. The van der Waals surface area contributed by atoms with Crippen LogP contribution in [0.1, 0.15) is 43.7 Å². The minimum absolute atomic E-state index is 0.0427. The molecule has 2 N–H and O–H groups in total. The first-order chi connectivity index (χ1) is 18.3. The van der Waals surface area contributed by atoms with Gasteiger partial charge in [-0.25, -0.2) is 4.39 Å². The molecule has 4 rings (SSSR count). The molecule has 3 fully saturated rings. The van der Waals surface area contributed by atoms with Gasteiger partial charge in [-0.05, 0) is 37.8 Å². The van der Waals surface area contributed by atoms with Gasteiger partial charge in [0, 0.05) is 51.8 Å². The van der Waals surface area contributed by atoms with Gasteiger partial charge in [0.2, 0.25) is 17.7 Å². The van der Waals surface area contributed by atoms with Crippen LogP contribution in [0, 0.1) is 11.7 Å². The maximum Gasteiger partial charge on any atom is 0.416 e. The molecular weight excluding hydrogens is 546 g/mol. The van der Waals surface area contributed by atoms with E-state index in [1.807, 2.05) is 0 Å². The van der Waals surface area contributed by atoms with Gasteiger partial charge in [0.25, 0.3) is 10.2 Å².